The summed E-state index contributed by atoms with van der Waals surface area (Å²) in [5, 5.41) is 4.13. The highest BCUT2D eigenvalue weighted by Gasteiger charge is 2.50. The molecule has 0 saturated carbocycles. The zero-order valence-corrected chi connectivity index (χ0v) is 20.3. The Morgan fingerprint density at radius 1 is 0.971 bits per heavy atom. The normalized spacial score (nSPS) is 17.3. The molecule has 1 aliphatic heterocycles. The Morgan fingerprint density at radius 3 is 2.41 bits per heavy atom. The number of methoxy groups -OCH3 is 2. The molecule has 1 saturated heterocycles. The van der Waals surface area contributed by atoms with Crippen LogP contribution in [0.4, 0.5) is 5.69 Å². The van der Waals surface area contributed by atoms with Crippen molar-refractivity contribution in [2.75, 3.05) is 32.2 Å². The van der Waals surface area contributed by atoms with Crippen molar-refractivity contribution in [1.29, 1.82) is 0 Å². The van der Waals surface area contributed by atoms with Crippen LogP contribution >= 0.6 is 11.6 Å². The molecule has 3 aromatic rings. The summed E-state index contributed by atoms with van der Waals surface area (Å²) in [6.45, 7) is 3.36. The summed E-state index contributed by atoms with van der Waals surface area (Å²) < 4.78 is 16.8. The van der Waals surface area contributed by atoms with Gasteiger partial charge in [0.15, 0.2) is 17.6 Å². The standard InChI is InChI=1S/C27H29ClN2O4/c1-18-6-4-5-7-22(18)30-23(26(27(30)31)34-21-11-9-20(28)10-12-21)17-29-15-14-19-8-13-24(32-2)25(16-19)33-3/h4-13,16,23,26,29H,14-15,17H2,1-3H3/t23-,26-/m0/s1. The van der Waals surface area contributed by atoms with E-state index < -0.39 is 6.10 Å². The Balaban J connectivity index is 1.43. The highest BCUT2D eigenvalue weighted by atomic mass is 35.5. The van der Waals surface area contributed by atoms with E-state index in [4.69, 9.17) is 25.8 Å². The van der Waals surface area contributed by atoms with Gasteiger partial charge in [0.05, 0.1) is 20.3 Å². The minimum atomic E-state index is -0.561. The first-order chi connectivity index (χ1) is 16.5. The van der Waals surface area contributed by atoms with Crippen LogP contribution in [-0.4, -0.2) is 45.4 Å². The average molecular weight is 481 g/mol. The Bertz CT molecular complexity index is 1140. The molecule has 1 heterocycles. The van der Waals surface area contributed by atoms with E-state index in [1.807, 2.05) is 54.3 Å². The molecule has 1 N–H and O–H groups in total. The number of carbonyl (C=O) groups is 1. The molecule has 0 bridgehead atoms. The van der Waals surface area contributed by atoms with Crippen molar-refractivity contribution in [3.63, 3.8) is 0 Å². The van der Waals surface area contributed by atoms with Crippen molar-refractivity contribution in [2.45, 2.75) is 25.5 Å². The zero-order chi connectivity index (χ0) is 24.1. The second-order valence-electron chi connectivity index (χ2n) is 8.20. The van der Waals surface area contributed by atoms with Crippen LogP contribution in [0, 0.1) is 6.92 Å². The highest BCUT2D eigenvalue weighted by molar-refractivity contribution is 6.30. The molecule has 6 nitrogen and oxygen atoms in total. The van der Waals surface area contributed by atoms with E-state index in [1.54, 1.807) is 38.5 Å². The number of amides is 1. The van der Waals surface area contributed by atoms with E-state index in [0.29, 0.717) is 28.8 Å². The van der Waals surface area contributed by atoms with Crippen molar-refractivity contribution < 1.29 is 19.0 Å². The third kappa shape index (κ3) is 5.13. The monoisotopic (exact) mass is 480 g/mol. The number of halogens is 1. The SMILES string of the molecule is COc1ccc(CCNC[C@H]2[C@H](Oc3ccc(Cl)cc3)C(=O)N2c2ccccc2C)cc1OC. The van der Waals surface area contributed by atoms with Gasteiger partial charge in [0.1, 0.15) is 5.75 Å². The summed E-state index contributed by atoms with van der Waals surface area (Å²) in [5.74, 6) is 2.01. The number of aryl methyl sites for hydroxylation is 1. The van der Waals surface area contributed by atoms with Crippen LogP contribution in [0.25, 0.3) is 0 Å². The van der Waals surface area contributed by atoms with Gasteiger partial charge in [-0.15, -0.1) is 0 Å². The molecule has 0 radical (unpaired) electrons. The third-order valence-corrected chi connectivity index (χ3v) is 6.26. The quantitative estimate of drug-likeness (QED) is 0.338. The first-order valence-corrected chi connectivity index (χ1v) is 11.6. The fraction of sp³-hybridized carbons (Fsp3) is 0.296. The summed E-state index contributed by atoms with van der Waals surface area (Å²) in [7, 11) is 3.26. The van der Waals surface area contributed by atoms with Gasteiger partial charge < -0.3 is 24.4 Å². The number of nitrogens with zero attached hydrogens (tertiary/aromatic N) is 1. The van der Waals surface area contributed by atoms with Crippen LogP contribution in [-0.2, 0) is 11.2 Å². The Morgan fingerprint density at radius 2 is 1.71 bits per heavy atom. The smallest absolute Gasteiger partial charge is 0.270 e. The number of hydrogen-bond donors (Lipinski definition) is 1. The first-order valence-electron chi connectivity index (χ1n) is 11.2. The minimum absolute atomic E-state index is 0.0454. The molecule has 0 aromatic heterocycles. The van der Waals surface area contributed by atoms with Crippen LogP contribution in [0.1, 0.15) is 11.1 Å². The van der Waals surface area contributed by atoms with Gasteiger partial charge >= 0.3 is 0 Å². The summed E-state index contributed by atoms with van der Waals surface area (Å²) in [6, 6.07) is 20.8. The van der Waals surface area contributed by atoms with Gasteiger partial charge in [0.2, 0.25) is 0 Å². The zero-order valence-electron chi connectivity index (χ0n) is 19.6. The average Bonchev–Trinajstić information content (AvgIpc) is 2.86. The molecule has 2 atom stereocenters. The maximum atomic E-state index is 13.1. The minimum Gasteiger partial charge on any atom is -0.493 e. The summed E-state index contributed by atoms with van der Waals surface area (Å²) in [4.78, 5) is 14.9. The second kappa shape index (κ2) is 10.8. The number of β-lactam (4-membered cyclic amide) rings is 1. The lowest BCUT2D eigenvalue weighted by Gasteiger charge is -2.47. The largest absolute Gasteiger partial charge is 0.493 e. The van der Waals surface area contributed by atoms with Gasteiger partial charge in [-0.25, -0.2) is 0 Å². The number of anilines is 1. The van der Waals surface area contributed by atoms with Crippen molar-refractivity contribution in [2.24, 2.45) is 0 Å². The predicted molar refractivity (Wildman–Crippen MR) is 134 cm³/mol. The molecule has 7 heteroatoms. The molecule has 1 amide bonds. The van der Waals surface area contributed by atoms with E-state index in [1.165, 1.54) is 0 Å². The van der Waals surface area contributed by atoms with E-state index in [-0.39, 0.29) is 11.9 Å². The number of rotatable bonds is 10. The number of benzene rings is 3. The molecule has 0 aliphatic carbocycles. The van der Waals surface area contributed by atoms with Gasteiger partial charge in [0.25, 0.3) is 5.91 Å². The number of ether oxygens (including phenoxy) is 3. The van der Waals surface area contributed by atoms with E-state index >= 15 is 0 Å². The van der Waals surface area contributed by atoms with Crippen LogP contribution in [0.5, 0.6) is 17.2 Å². The van der Waals surface area contributed by atoms with Gasteiger partial charge in [-0.1, -0.05) is 35.9 Å². The number of para-hydroxylation sites is 1. The fourth-order valence-electron chi connectivity index (χ4n) is 4.16. The molecule has 0 unspecified atom stereocenters. The summed E-state index contributed by atoms with van der Waals surface area (Å²) in [6.07, 6.45) is 0.253. The van der Waals surface area contributed by atoms with E-state index in [0.717, 1.165) is 29.8 Å². The lowest BCUT2D eigenvalue weighted by molar-refractivity contribution is -0.134. The molecule has 1 fully saturated rings. The van der Waals surface area contributed by atoms with Gasteiger partial charge in [-0.05, 0) is 73.5 Å². The number of carbonyl (C=O) groups excluding carboxylic acids is 1. The summed E-state index contributed by atoms with van der Waals surface area (Å²) in [5.41, 5.74) is 3.10. The van der Waals surface area contributed by atoms with Gasteiger partial charge in [-0.3, -0.25) is 4.79 Å². The van der Waals surface area contributed by atoms with Crippen molar-refractivity contribution in [3.8, 4) is 17.2 Å². The van der Waals surface area contributed by atoms with Crippen LogP contribution in [0.2, 0.25) is 5.02 Å². The van der Waals surface area contributed by atoms with Crippen molar-refractivity contribution in [3.05, 3.63) is 82.9 Å². The maximum Gasteiger partial charge on any atom is 0.270 e. The molecular formula is C27H29ClN2O4. The lowest BCUT2D eigenvalue weighted by Crippen LogP contribution is -2.70. The molecule has 4 rings (SSSR count). The highest BCUT2D eigenvalue weighted by Crippen LogP contribution is 2.33. The molecule has 0 spiro atoms. The van der Waals surface area contributed by atoms with Crippen LogP contribution in [0.3, 0.4) is 0 Å². The lowest BCUT2D eigenvalue weighted by atomic mass is 9.95. The molecular weight excluding hydrogens is 452 g/mol. The molecule has 1 aliphatic rings. The summed E-state index contributed by atoms with van der Waals surface area (Å²) >= 11 is 5.99. The molecule has 178 valence electrons. The predicted octanol–water partition coefficient (Wildman–Crippen LogP) is 4.66. The van der Waals surface area contributed by atoms with Crippen LogP contribution in [0.15, 0.2) is 66.7 Å². The molecule has 34 heavy (non-hydrogen) atoms. The Kier molecular flexibility index (Phi) is 7.60. The number of nitrogens with one attached hydrogen (secondary N) is 1. The topological polar surface area (TPSA) is 60.0 Å². The van der Waals surface area contributed by atoms with Crippen molar-refractivity contribution in [1.82, 2.24) is 5.32 Å². The van der Waals surface area contributed by atoms with E-state index in [9.17, 15) is 4.79 Å². The third-order valence-electron chi connectivity index (χ3n) is 6.01. The Hall–Kier alpha value is -3.22. The van der Waals surface area contributed by atoms with E-state index in [2.05, 4.69) is 5.32 Å². The van der Waals surface area contributed by atoms with Crippen LogP contribution < -0.4 is 24.4 Å². The van der Waals surface area contributed by atoms with Crippen molar-refractivity contribution >= 4 is 23.2 Å². The number of hydrogen-bond acceptors (Lipinski definition) is 5. The maximum absolute atomic E-state index is 13.1. The van der Waals surface area contributed by atoms with Gasteiger partial charge in [0, 0.05) is 17.3 Å². The fourth-order valence-corrected chi connectivity index (χ4v) is 4.28. The Labute approximate surface area is 205 Å². The van der Waals surface area contributed by atoms with Gasteiger partial charge in [-0.2, -0.15) is 0 Å². The molecule has 3 aromatic carbocycles. The second-order valence-corrected chi connectivity index (χ2v) is 8.63. The first kappa shape index (κ1) is 23.9.